The molecule has 1 N–H and O–H groups in total. The monoisotopic (exact) mass is 264 g/mol. The summed E-state index contributed by atoms with van der Waals surface area (Å²) in [4.78, 5) is 0. The molecule has 1 saturated heterocycles. The summed E-state index contributed by atoms with van der Waals surface area (Å²) in [6, 6.07) is 7.68. The van der Waals surface area contributed by atoms with Gasteiger partial charge in [-0.3, -0.25) is 0 Å². The maximum absolute atomic E-state index is 10.6. The summed E-state index contributed by atoms with van der Waals surface area (Å²) in [5, 5.41) is 10.6. The zero-order chi connectivity index (χ0) is 13.7. The highest BCUT2D eigenvalue weighted by Crippen LogP contribution is 2.30. The Hall–Kier alpha value is -1.06. The molecule has 1 aliphatic heterocycles. The van der Waals surface area contributed by atoms with Crippen LogP contribution in [0, 0.1) is 0 Å². The largest absolute Gasteiger partial charge is 0.497 e. The molecule has 0 amide bonds. The second kappa shape index (κ2) is 6.40. The summed E-state index contributed by atoms with van der Waals surface area (Å²) in [5.74, 6) is 0.789. The molecule has 2 unspecified atom stereocenters. The highest BCUT2D eigenvalue weighted by molar-refractivity contribution is 5.31. The molecular formula is C16H24O3. The molecule has 1 aromatic rings. The SMILES string of the molecule is COc1cccc(C(C)(O)CCCC2CCCO2)c1. The van der Waals surface area contributed by atoms with Crippen LogP contribution in [0.3, 0.4) is 0 Å². The van der Waals surface area contributed by atoms with Crippen molar-refractivity contribution in [1.82, 2.24) is 0 Å². The molecule has 0 spiro atoms. The smallest absolute Gasteiger partial charge is 0.119 e. The molecule has 1 heterocycles. The van der Waals surface area contributed by atoms with Gasteiger partial charge in [0.15, 0.2) is 0 Å². The van der Waals surface area contributed by atoms with E-state index in [1.54, 1.807) is 7.11 Å². The topological polar surface area (TPSA) is 38.7 Å². The standard InChI is InChI=1S/C16H24O3/c1-16(17,10-4-8-14-9-5-11-19-14)13-6-3-7-15(12-13)18-2/h3,6-7,12,14,17H,4-5,8-11H2,1-2H3. The molecule has 0 aromatic heterocycles. The van der Waals surface area contributed by atoms with E-state index in [1.807, 2.05) is 31.2 Å². The van der Waals surface area contributed by atoms with Crippen LogP contribution in [-0.4, -0.2) is 24.9 Å². The van der Waals surface area contributed by atoms with E-state index in [4.69, 9.17) is 9.47 Å². The van der Waals surface area contributed by atoms with Gasteiger partial charge in [0.05, 0.1) is 18.8 Å². The molecule has 106 valence electrons. The summed E-state index contributed by atoms with van der Waals surface area (Å²) < 4.78 is 10.8. The third-order valence-electron chi connectivity index (χ3n) is 3.91. The van der Waals surface area contributed by atoms with Gasteiger partial charge in [-0.05, 0) is 56.7 Å². The van der Waals surface area contributed by atoms with E-state index in [-0.39, 0.29) is 0 Å². The maximum atomic E-state index is 10.6. The third-order valence-corrected chi connectivity index (χ3v) is 3.91. The van der Waals surface area contributed by atoms with Crippen molar-refractivity contribution in [2.24, 2.45) is 0 Å². The fourth-order valence-corrected chi connectivity index (χ4v) is 2.65. The van der Waals surface area contributed by atoms with E-state index in [2.05, 4.69) is 0 Å². The molecule has 0 aliphatic carbocycles. The van der Waals surface area contributed by atoms with Gasteiger partial charge >= 0.3 is 0 Å². The van der Waals surface area contributed by atoms with Gasteiger partial charge in [-0.15, -0.1) is 0 Å². The first-order valence-electron chi connectivity index (χ1n) is 7.10. The van der Waals surface area contributed by atoms with Crippen molar-refractivity contribution in [1.29, 1.82) is 0 Å². The molecule has 0 radical (unpaired) electrons. The van der Waals surface area contributed by atoms with E-state index >= 15 is 0 Å². The van der Waals surface area contributed by atoms with Gasteiger partial charge in [0.2, 0.25) is 0 Å². The fourth-order valence-electron chi connectivity index (χ4n) is 2.65. The van der Waals surface area contributed by atoms with Crippen molar-refractivity contribution in [2.45, 2.75) is 50.7 Å². The van der Waals surface area contributed by atoms with Crippen molar-refractivity contribution < 1.29 is 14.6 Å². The minimum Gasteiger partial charge on any atom is -0.497 e. The van der Waals surface area contributed by atoms with Crippen molar-refractivity contribution in [3.63, 3.8) is 0 Å². The highest BCUT2D eigenvalue weighted by atomic mass is 16.5. The van der Waals surface area contributed by atoms with E-state index in [1.165, 1.54) is 12.8 Å². The number of benzene rings is 1. The van der Waals surface area contributed by atoms with Gasteiger partial charge in [-0.1, -0.05) is 12.1 Å². The number of hydrogen-bond donors (Lipinski definition) is 1. The lowest BCUT2D eigenvalue weighted by Crippen LogP contribution is -2.21. The van der Waals surface area contributed by atoms with E-state index in [0.29, 0.717) is 6.10 Å². The van der Waals surface area contributed by atoms with Crippen LogP contribution in [0.5, 0.6) is 5.75 Å². The summed E-state index contributed by atoms with van der Waals surface area (Å²) in [7, 11) is 1.64. The van der Waals surface area contributed by atoms with Crippen molar-refractivity contribution >= 4 is 0 Å². The molecule has 3 nitrogen and oxygen atoms in total. The predicted molar refractivity (Wildman–Crippen MR) is 75.4 cm³/mol. The lowest BCUT2D eigenvalue weighted by atomic mass is 9.89. The van der Waals surface area contributed by atoms with Crippen LogP contribution in [0.15, 0.2) is 24.3 Å². The van der Waals surface area contributed by atoms with Gasteiger partial charge in [-0.25, -0.2) is 0 Å². The summed E-state index contributed by atoms with van der Waals surface area (Å²) in [6.45, 7) is 2.77. The minimum absolute atomic E-state index is 0.404. The van der Waals surface area contributed by atoms with Crippen molar-refractivity contribution in [2.75, 3.05) is 13.7 Å². The first-order valence-corrected chi connectivity index (χ1v) is 7.10. The number of ether oxygens (including phenoxy) is 2. The fraction of sp³-hybridized carbons (Fsp3) is 0.625. The normalized spacial score (nSPS) is 22.2. The molecule has 0 bridgehead atoms. The Balaban J connectivity index is 1.88. The van der Waals surface area contributed by atoms with Gasteiger partial charge in [-0.2, -0.15) is 0 Å². The molecule has 2 atom stereocenters. The van der Waals surface area contributed by atoms with E-state index in [0.717, 1.165) is 37.2 Å². The van der Waals surface area contributed by atoms with Gasteiger partial charge < -0.3 is 14.6 Å². The number of hydrogen-bond acceptors (Lipinski definition) is 3. The first kappa shape index (κ1) is 14.4. The average molecular weight is 264 g/mol. The highest BCUT2D eigenvalue weighted by Gasteiger charge is 2.24. The first-order chi connectivity index (χ1) is 9.12. The number of rotatable bonds is 6. The Labute approximate surface area is 115 Å². The van der Waals surface area contributed by atoms with Gasteiger partial charge in [0, 0.05) is 6.61 Å². The van der Waals surface area contributed by atoms with Crippen molar-refractivity contribution in [3.05, 3.63) is 29.8 Å². The lowest BCUT2D eigenvalue weighted by molar-refractivity contribution is 0.0370. The molecule has 2 rings (SSSR count). The van der Waals surface area contributed by atoms with Crippen LogP contribution in [0.1, 0.15) is 44.6 Å². The van der Waals surface area contributed by atoms with Crippen LogP contribution >= 0.6 is 0 Å². The lowest BCUT2D eigenvalue weighted by Gasteiger charge is -2.25. The maximum Gasteiger partial charge on any atom is 0.119 e. The Morgan fingerprint density at radius 2 is 2.32 bits per heavy atom. The second-order valence-electron chi connectivity index (χ2n) is 5.53. The molecule has 1 fully saturated rings. The van der Waals surface area contributed by atoms with Crippen LogP contribution < -0.4 is 4.74 Å². The zero-order valence-corrected chi connectivity index (χ0v) is 11.9. The Morgan fingerprint density at radius 1 is 1.47 bits per heavy atom. The minimum atomic E-state index is -0.798. The molecular weight excluding hydrogens is 240 g/mol. The molecule has 3 heteroatoms. The summed E-state index contributed by atoms with van der Waals surface area (Å²) in [6.07, 6.45) is 5.52. The number of aliphatic hydroxyl groups is 1. The predicted octanol–water partition coefficient (Wildman–Crippen LogP) is 3.25. The number of methoxy groups -OCH3 is 1. The third kappa shape index (κ3) is 3.95. The van der Waals surface area contributed by atoms with Gasteiger partial charge in [0.25, 0.3) is 0 Å². The Bertz CT molecular complexity index is 395. The second-order valence-corrected chi connectivity index (χ2v) is 5.53. The van der Waals surface area contributed by atoms with Gasteiger partial charge in [0.1, 0.15) is 5.75 Å². The van der Waals surface area contributed by atoms with Crippen molar-refractivity contribution in [3.8, 4) is 5.75 Å². The molecule has 0 saturated carbocycles. The van der Waals surface area contributed by atoms with Crippen LogP contribution in [-0.2, 0) is 10.3 Å². The molecule has 19 heavy (non-hydrogen) atoms. The quantitative estimate of drug-likeness (QED) is 0.857. The van der Waals surface area contributed by atoms with E-state index < -0.39 is 5.60 Å². The summed E-state index contributed by atoms with van der Waals surface area (Å²) in [5.41, 5.74) is 0.117. The van der Waals surface area contributed by atoms with E-state index in [9.17, 15) is 5.11 Å². The van der Waals surface area contributed by atoms with Crippen LogP contribution in [0.4, 0.5) is 0 Å². The Kier molecular flexibility index (Phi) is 4.83. The average Bonchev–Trinajstić information content (AvgIpc) is 2.92. The Morgan fingerprint density at radius 3 is 3.00 bits per heavy atom. The summed E-state index contributed by atoms with van der Waals surface area (Å²) >= 11 is 0. The zero-order valence-electron chi connectivity index (χ0n) is 11.9. The molecule has 1 aromatic carbocycles. The van der Waals surface area contributed by atoms with Crippen LogP contribution in [0.2, 0.25) is 0 Å². The molecule has 1 aliphatic rings. The van der Waals surface area contributed by atoms with Crippen LogP contribution in [0.25, 0.3) is 0 Å².